The number of hydrogen-bond acceptors (Lipinski definition) is 7. The van der Waals surface area contributed by atoms with Crippen LogP contribution in [0.1, 0.15) is 42.5 Å². The predicted molar refractivity (Wildman–Crippen MR) is 112 cm³/mol. The van der Waals surface area contributed by atoms with Crippen molar-refractivity contribution < 1.29 is 28.8 Å². The lowest BCUT2D eigenvalue weighted by atomic mass is 9.94. The molecular formula is C22H28N2O7. The van der Waals surface area contributed by atoms with E-state index in [2.05, 4.69) is 6.58 Å². The minimum Gasteiger partial charge on any atom is -0.469 e. The van der Waals surface area contributed by atoms with Crippen LogP contribution in [0.2, 0.25) is 0 Å². The highest BCUT2D eigenvalue weighted by Gasteiger charge is 2.45. The van der Waals surface area contributed by atoms with E-state index in [9.17, 15) is 24.5 Å². The van der Waals surface area contributed by atoms with E-state index in [1.54, 1.807) is 11.9 Å². The Morgan fingerprint density at radius 2 is 1.84 bits per heavy atom. The average Bonchev–Trinajstić information content (AvgIpc) is 3.19. The molecule has 1 amide bonds. The van der Waals surface area contributed by atoms with E-state index in [1.165, 1.54) is 31.4 Å². The summed E-state index contributed by atoms with van der Waals surface area (Å²) in [7, 11) is 2.96. The van der Waals surface area contributed by atoms with E-state index in [0.29, 0.717) is 6.54 Å². The molecule has 31 heavy (non-hydrogen) atoms. The first-order chi connectivity index (χ1) is 14.8. The first-order valence-corrected chi connectivity index (χ1v) is 10.2. The number of non-ortho nitro benzene ring substituents is 1. The largest absolute Gasteiger partial charge is 0.469 e. The zero-order valence-corrected chi connectivity index (χ0v) is 17.8. The topological polar surface area (TPSA) is 116 Å². The molecule has 1 aliphatic carbocycles. The smallest absolute Gasteiger partial charge is 0.338 e. The van der Waals surface area contributed by atoms with Crippen LogP contribution in [0.3, 0.4) is 0 Å². The fourth-order valence-corrected chi connectivity index (χ4v) is 3.74. The van der Waals surface area contributed by atoms with Gasteiger partial charge in [-0.3, -0.25) is 19.7 Å². The third-order valence-corrected chi connectivity index (χ3v) is 5.46. The summed E-state index contributed by atoms with van der Waals surface area (Å²) in [6, 6.07) is 5.06. The van der Waals surface area contributed by atoms with Crippen molar-refractivity contribution in [3.8, 4) is 0 Å². The summed E-state index contributed by atoms with van der Waals surface area (Å²) < 4.78 is 10.4. The SMILES string of the molecule is C=CCCCCN(C)C(=O)[C@@H]1C[C@@H](OC(=O)c2ccc([N+](=O)[O-])cc2)C[C@H]1C(=O)OC. The van der Waals surface area contributed by atoms with Crippen molar-refractivity contribution in [2.75, 3.05) is 20.7 Å². The number of esters is 2. The van der Waals surface area contributed by atoms with Gasteiger partial charge in [-0.1, -0.05) is 6.08 Å². The van der Waals surface area contributed by atoms with Gasteiger partial charge in [0.15, 0.2) is 0 Å². The van der Waals surface area contributed by atoms with E-state index in [1.807, 2.05) is 6.08 Å². The number of unbranched alkanes of at least 4 members (excludes halogenated alkanes) is 2. The number of methoxy groups -OCH3 is 1. The highest BCUT2D eigenvalue weighted by atomic mass is 16.6. The number of benzene rings is 1. The van der Waals surface area contributed by atoms with Crippen molar-refractivity contribution in [3.63, 3.8) is 0 Å². The van der Waals surface area contributed by atoms with Gasteiger partial charge in [0.25, 0.3) is 5.69 Å². The maximum atomic E-state index is 12.9. The Morgan fingerprint density at radius 3 is 2.42 bits per heavy atom. The number of nitro groups is 1. The van der Waals surface area contributed by atoms with Gasteiger partial charge >= 0.3 is 11.9 Å². The van der Waals surface area contributed by atoms with Crippen LogP contribution in [0.4, 0.5) is 5.69 Å². The van der Waals surface area contributed by atoms with Gasteiger partial charge in [-0.2, -0.15) is 0 Å². The Labute approximate surface area is 181 Å². The maximum absolute atomic E-state index is 12.9. The molecule has 0 aromatic heterocycles. The highest BCUT2D eigenvalue weighted by Crippen LogP contribution is 2.36. The van der Waals surface area contributed by atoms with Gasteiger partial charge in [-0.15, -0.1) is 6.58 Å². The summed E-state index contributed by atoms with van der Waals surface area (Å²) in [5.74, 6) is -2.67. The zero-order valence-electron chi connectivity index (χ0n) is 17.8. The molecule has 1 aliphatic rings. The summed E-state index contributed by atoms with van der Waals surface area (Å²) in [6.45, 7) is 4.24. The second-order valence-electron chi connectivity index (χ2n) is 7.58. The third-order valence-electron chi connectivity index (χ3n) is 5.46. The van der Waals surface area contributed by atoms with Crippen molar-refractivity contribution in [1.29, 1.82) is 0 Å². The molecule has 0 aliphatic heterocycles. The molecule has 1 aromatic rings. The molecule has 1 aromatic carbocycles. The maximum Gasteiger partial charge on any atom is 0.338 e. The summed E-state index contributed by atoms with van der Waals surface area (Å²) in [5, 5.41) is 10.7. The number of allylic oxidation sites excluding steroid dienone is 1. The monoisotopic (exact) mass is 432 g/mol. The second kappa shape index (κ2) is 11.2. The molecule has 0 spiro atoms. The number of nitrogens with zero attached hydrogens (tertiary/aromatic N) is 2. The van der Waals surface area contributed by atoms with Gasteiger partial charge in [0, 0.05) is 25.7 Å². The lowest BCUT2D eigenvalue weighted by Crippen LogP contribution is -2.37. The molecule has 168 valence electrons. The fraction of sp³-hybridized carbons (Fsp3) is 0.500. The van der Waals surface area contributed by atoms with E-state index >= 15 is 0 Å². The number of rotatable bonds is 10. The Kier molecular flexibility index (Phi) is 8.72. The minimum atomic E-state index is -0.692. The van der Waals surface area contributed by atoms with Crippen LogP contribution in [0.5, 0.6) is 0 Å². The lowest BCUT2D eigenvalue weighted by molar-refractivity contribution is -0.384. The van der Waals surface area contributed by atoms with Crippen molar-refractivity contribution >= 4 is 23.5 Å². The summed E-state index contributed by atoms with van der Waals surface area (Å²) in [4.78, 5) is 49.4. The van der Waals surface area contributed by atoms with Crippen LogP contribution < -0.4 is 0 Å². The zero-order chi connectivity index (χ0) is 23.0. The van der Waals surface area contributed by atoms with Gasteiger partial charge in [0.05, 0.1) is 29.4 Å². The van der Waals surface area contributed by atoms with Crippen LogP contribution in [0, 0.1) is 22.0 Å². The normalized spacial score (nSPS) is 20.0. The third kappa shape index (κ3) is 6.37. The molecule has 0 heterocycles. The molecule has 0 saturated heterocycles. The molecule has 0 N–H and O–H groups in total. The quantitative estimate of drug-likeness (QED) is 0.183. The van der Waals surface area contributed by atoms with Gasteiger partial charge in [-0.05, 0) is 44.2 Å². The fourth-order valence-electron chi connectivity index (χ4n) is 3.74. The van der Waals surface area contributed by atoms with E-state index < -0.39 is 34.8 Å². The molecule has 1 saturated carbocycles. The Balaban J connectivity index is 2.03. The Morgan fingerprint density at radius 1 is 1.19 bits per heavy atom. The number of nitro benzene ring substituents is 1. The summed E-state index contributed by atoms with van der Waals surface area (Å²) in [6.07, 6.45) is 4.21. The first kappa shape index (κ1) is 24.0. The number of carbonyl (C=O) groups is 3. The number of amides is 1. The van der Waals surface area contributed by atoms with Crippen LogP contribution in [-0.2, 0) is 19.1 Å². The van der Waals surface area contributed by atoms with Crippen LogP contribution >= 0.6 is 0 Å². The highest BCUT2D eigenvalue weighted by molar-refractivity contribution is 5.90. The van der Waals surface area contributed by atoms with Gasteiger partial charge in [0.1, 0.15) is 6.10 Å². The van der Waals surface area contributed by atoms with Gasteiger partial charge in [-0.25, -0.2) is 4.79 Å². The van der Waals surface area contributed by atoms with Crippen molar-refractivity contribution in [2.24, 2.45) is 11.8 Å². The molecular weight excluding hydrogens is 404 g/mol. The second-order valence-corrected chi connectivity index (χ2v) is 7.58. The van der Waals surface area contributed by atoms with Crippen LogP contribution in [0.25, 0.3) is 0 Å². The van der Waals surface area contributed by atoms with Crippen molar-refractivity contribution in [3.05, 3.63) is 52.6 Å². The van der Waals surface area contributed by atoms with Crippen molar-refractivity contribution in [1.82, 2.24) is 4.90 Å². The molecule has 0 unspecified atom stereocenters. The van der Waals surface area contributed by atoms with Crippen molar-refractivity contribution in [2.45, 2.75) is 38.2 Å². The van der Waals surface area contributed by atoms with E-state index in [0.717, 1.165) is 19.3 Å². The van der Waals surface area contributed by atoms with Crippen LogP contribution in [0.15, 0.2) is 36.9 Å². The van der Waals surface area contributed by atoms with Gasteiger partial charge < -0.3 is 14.4 Å². The Bertz CT molecular complexity index is 822. The van der Waals surface area contributed by atoms with Gasteiger partial charge in [0.2, 0.25) is 5.91 Å². The molecule has 0 bridgehead atoms. The molecule has 9 nitrogen and oxygen atoms in total. The molecule has 9 heteroatoms. The summed E-state index contributed by atoms with van der Waals surface area (Å²) in [5.41, 5.74) is 0.0271. The lowest BCUT2D eigenvalue weighted by Gasteiger charge is -2.23. The summed E-state index contributed by atoms with van der Waals surface area (Å²) >= 11 is 0. The Hall–Kier alpha value is -3.23. The molecule has 3 atom stereocenters. The number of ether oxygens (including phenoxy) is 2. The van der Waals surface area contributed by atoms with Crippen LogP contribution in [-0.4, -0.2) is 54.5 Å². The molecule has 0 radical (unpaired) electrons. The number of carbonyl (C=O) groups excluding carboxylic acids is 3. The standard InChI is InChI=1S/C22H28N2O7/c1-4-5-6-7-12-23(2)20(25)18-13-17(14-19(18)22(27)30-3)31-21(26)15-8-10-16(11-9-15)24(28)29/h4,8-11,17-19H,1,5-7,12-14H2,2-3H3/t17-,18-,19-/m1/s1. The predicted octanol–water partition coefficient (Wildman–Crippen LogP) is 3.13. The molecule has 1 fully saturated rings. The molecule has 2 rings (SSSR count). The van der Waals surface area contributed by atoms with E-state index in [4.69, 9.17) is 9.47 Å². The first-order valence-electron chi connectivity index (χ1n) is 10.2. The van der Waals surface area contributed by atoms with E-state index in [-0.39, 0.29) is 30.0 Å². The number of hydrogen-bond donors (Lipinski definition) is 0. The average molecular weight is 432 g/mol. The minimum absolute atomic E-state index is 0.134.